The number of hydrogen-bond acceptors (Lipinski definition) is 4. The first-order valence-corrected chi connectivity index (χ1v) is 9.69. The van der Waals surface area contributed by atoms with Gasteiger partial charge in [-0.25, -0.2) is 4.98 Å². The Kier molecular flexibility index (Phi) is 5.14. The number of aromatic nitrogens is 2. The van der Waals surface area contributed by atoms with Gasteiger partial charge in [-0.05, 0) is 17.2 Å². The van der Waals surface area contributed by atoms with Crippen molar-refractivity contribution >= 4 is 21.6 Å². The maximum absolute atomic E-state index is 13.2. The van der Waals surface area contributed by atoms with Crippen molar-refractivity contribution in [2.45, 2.75) is 13.0 Å². The van der Waals surface area contributed by atoms with Crippen LogP contribution in [0.4, 0.5) is 0 Å². The molecule has 0 fully saturated rings. The predicted octanol–water partition coefficient (Wildman–Crippen LogP) is 4.36. The van der Waals surface area contributed by atoms with Crippen LogP contribution < -0.4 is 5.56 Å². The summed E-state index contributed by atoms with van der Waals surface area (Å²) in [5.74, 6) is 0.775. The number of nitrogens with zero attached hydrogens (tertiary/aromatic N) is 2. The molecule has 0 radical (unpaired) electrons. The van der Waals surface area contributed by atoms with Gasteiger partial charge in [0.15, 0.2) is 0 Å². The Labute approximate surface area is 161 Å². The number of hydrogen-bond donors (Lipinski definition) is 0. The summed E-state index contributed by atoms with van der Waals surface area (Å²) >= 11 is 1.57. The fourth-order valence-corrected chi connectivity index (χ4v) is 4.18. The summed E-state index contributed by atoms with van der Waals surface area (Å²) in [6.45, 7) is 0.974. The van der Waals surface area contributed by atoms with Crippen LogP contribution in [0.15, 0.2) is 71.5 Å². The van der Waals surface area contributed by atoms with Gasteiger partial charge in [0.2, 0.25) is 0 Å². The number of ether oxygens (including phenoxy) is 1. The Morgan fingerprint density at radius 1 is 1.04 bits per heavy atom. The van der Waals surface area contributed by atoms with Crippen LogP contribution in [0.25, 0.3) is 20.7 Å². The Morgan fingerprint density at radius 2 is 1.74 bits per heavy atom. The van der Waals surface area contributed by atoms with Gasteiger partial charge in [0.1, 0.15) is 10.7 Å². The molecule has 27 heavy (non-hydrogen) atoms. The molecule has 0 spiro atoms. The minimum atomic E-state index is 0.00131. The molecular weight excluding hydrogens is 356 g/mol. The van der Waals surface area contributed by atoms with Crippen molar-refractivity contribution in [3.05, 3.63) is 88.5 Å². The average Bonchev–Trinajstić information content (AvgIpc) is 3.14. The van der Waals surface area contributed by atoms with Crippen molar-refractivity contribution in [3.8, 4) is 10.4 Å². The molecule has 4 nitrogen and oxygen atoms in total. The lowest BCUT2D eigenvalue weighted by atomic mass is 10.1. The Bertz CT molecular complexity index is 1100. The van der Waals surface area contributed by atoms with Crippen molar-refractivity contribution in [1.29, 1.82) is 0 Å². The number of rotatable bonds is 6. The van der Waals surface area contributed by atoms with E-state index < -0.39 is 0 Å². The van der Waals surface area contributed by atoms with E-state index in [0.29, 0.717) is 25.0 Å². The van der Waals surface area contributed by atoms with Crippen LogP contribution in [0.1, 0.15) is 11.4 Å². The van der Waals surface area contributed by atoms with Crippen molar-refractivity contribution in [1.82, 2.24) is 9.55 Å². The molecule has 0 aliphatic carbocycles. The van der Waals surface area contributed by atoms with Gasteiger partial charge in [-0.2, -0.15) is 0 Å². The number of benzene rings is 2. The first-order chi connectivity index (χ1) is 13.3. The fourth-order valence-electron chi connectivity index (χ4n) is 3.13. The van der Waals surface area contributed by atoms with E-state index in [0.717, 1.165) is 26.7 Å². The van der Waals surface area contributed by atoms with Crippen molar-refractivity contribution in [2.75, 3.05) is 13.7 Å². The van der Waals surface area contributed by atoms with Crippen LogP contribution in [0.5, 0.6) is 0 Å². The number of thiophene rings is 1. The van der Waals surface area contributed by atoms with E-state index in [4.69, 9.17) is 9.72 Å². The normalized spacial score (nSPS) is 11.1. The van der Waals surface area contributed by atoms with E-state index in [1.54, 1.807) is 23.0 Å². The summed E-state index contributed by atoms with van der Waals surface area (Å²) in [6, 6.07) is 22.2. The van der Waals surface area contributed by atoms with Gasteiger partial charge < -0.3 is 4.74 Å². The molecule has 0 bridgehead atoms. The smallest absolute Gasteiger partial charge is 0.262 e. The third-order valence-electron chi connectivity index (χ3n) is 4.51. The third-order valence-corrected chi connectivity index (χ3v) is 5.59. The van der Waals surface area contributed by atoms with Crippen molar-refractivity contribution in [2.24, 2.45) is 0 Å². The molecule has 2 aromatic carbocycles. The molecule has 5 heteroatoms. The van der Waals surface area contributed by atoms with Crippen LogP contribution in [0, 0.1) is 0 Å². The van der Waals surface area contributed by atoms with E-state index in [-0.39, 0.29) is 5.56 Å². The molecule has 0 amide bonds. The minimum absolute atomic E-state index is 0.00131. The van der Waals surface area contributed by atoms with Crippen molar-refractivity contribution in [3.63, 3.8) is 0 Å². The maximum Gasteiger partial charge on any atom is 0.262 e. The van der Waals surface area contributed by atoms with E-state index in [9.17, 15) is 4.79 Å². The van der Waals surface area contributed by atoms with Crippen LogP contribution in [0.3, 0.4) is 0 Å². The Morgan fingerprint density at radius 3 is 2.44 bits per heavy atom. The SMILES string of the molecule is COCCn1c(Cc2ccccc2)nc2sc(-c3ccccc3)cc2c1=O. The summed E-state index contributed by atoms with van der Waals surface area (Å²) in [6.07, 6.45) is 0.619. The first kappa shape index (κ1) is 17.6. The summed E-state index contributed by atoms with van der Waals surface area (Å²) < 4.78 is 6.96. The van der Waals surface area contributed by atoms with Crippen LogP contribution in [-0.2, 0) is 17.7 Å². The van der Waals surface area contributed by atoms with E-state index in [1.807, 2.05) is 42.5 Å². The Balaban J connectivity index is 1.84. The van der Waals surface area contributed by atoms with E-state index in [2.05, 4.69) is 24.3 Å². The van der Waals surface area contributed by atoms with Crippen LogP contribution in [0.2, 0.25) is 0 Å². The third kappa shape index (κ3) is 3.70. The lowest BCUT2D eigenvalue weighted by molar-refractivity contribution is 0.185. The highest BCUT2D eigenvalue weighted by atomic mass is 32.1. The number of methoxy groups -OCH3 is 1. The second-order valence-corrected chi connectivity index (χ2v) is 7.37. The summed E-state index contributed by atoms with van der Waals surface area (Å²) in [7, 11) is 1.64. The zero-order valence-corrected chi connectivity index (χ0v) is 15.9. The highest BCUT2D eigenvalue weighted by Gasteiger charge is 2.15. The molecule has 0 atom stereocenters. The molecule has 2 heterocycles. The first-order valence-electron chi connectivity index (χ1n) is 8.88. The molecule has 2 aromatic heterocycles. The Hall–Kier alpha value is -2.76. The molecule has 136 valence electrons. The van der Waals surface area contributed by atoms with Crippen LogP contribution >= 0.6 is 11.3 Å². The molecule has 4 rings (SSSR count). The zero-order chi connectivity index (χ0) is 18.6. The van der Waals surface area contributed by atoms with Gasteiger partial charge in [0.25, 0.3) is 5.56 Å². The lowest BCUT2D eigenvalue weighted by Crippen LogP contribution is -2.26. The maximum atomic E-state index is 13.2. The largest absolute Gasteiger partial charge is 0.383 e. The fraction of sp³-hybridized carbons (Fsp3) is 0.182. The molecule has 0 aliphatic heterocycles. The minimum Gasteiger partial charge on any atom is -0.383 e. The van der Waals surface area contributed by atoms with Gasteiger partial charge in [-0.15, -0.1) is 11.3 Å². The highest BCUT2D eigenvalue weighted by molar-refractivity contribution is 7.21. The second-order valence-electron chi connectivity index (χ2n) is 6.34. The van der Waals surface area contributed by atoms with Gasteiger partial charge in [0, 0.05) is 18.4 Å². The van der Waals surface area contributed by atoms with Crippen LogP contribution in [-0.4, -0.2) is 23.3 Å². The summed E-state index contributed by atoms with van der Waals surface area (Å²) in [4.78, 5) is 19.9. The molecule has 0 N–H and O–H groups in total. The molecule has 0 aliphatic rings. The molecular formula is C22H20N2O2S. The zero-order valence-electron chi connectivity index (χ0n) is 15.1. The van der Waals surface area contributed by atoms with E-state index in [1.165, 1.54) is 0 Å². The average molecular weight is 376 g/mol. The summed E-state index contributed by atoms with van der Waals surface area (Å²) in [5, 5.41) is 0.673. The quantitative estimate of drug-likeness (QED) is 0.502. The number of fused-ring (bicyclic) bond motifs is 1. The summed E-state index contributed by atoms with van der Waals surface area (Å²) in [5.41, 5.74) is 2.24. The van der Waals surface area contributed by atoms with Gasteiger partial charge >= 0.3 is 0 Å². The van der Waals surface area contributed by atoms with Crippen molar-refractivity contribution < 1.29 is 4.74 Å². The van der Waals surface area contributed by atoms with E-state index >= 15 is 0 Å². The highest BCUT2D eigenvalue weighted by Crippen LogP contribution is 2.31. The second kappa shape index (κ2) is 7.86. The monoisotopic (exact) mass is 376 g/mol. The molecule has 0 saturated carbocycles. The predicted molar refractivity (Wildman–Crippen MR) is 110 cm³/mol. The molecule has 0 unspecified atom stereocenters. The van der Waals surface area contributed by atoms with Gasteiger partial charge in [-0.3, -0.25) is 9.36 Å². The topological polar surface area (TPSA) is 44.1 Å². The standard InChI is InChI=1S/C22H20N2O2S/c1-26-13-12-24-20(14-16-8-4-2-5-9-16)23-21-18(22(24)25)15-19(27-21)17-10-6-3-7-11-17/h2-11,15H,12-14H2,1H3. The van der Waals surface area contributed by atoms with Gasteiger partial charge in [-0.1, -0.05) is 60.7 Å². The molecule has 0 saturated heterocycles. The van der Waals surface area contributed by atoms with Gasteiger partial charge in [0.05, 0.1) is 18.5 Å². The lowest BCUT2D eigenvalue weighted by Gasteiger charge is -2.12. The molecule has 4 aromatic rings.